The molecule has 0 aromatic carbocycles. The first-order chi connectivity index (χ1) is 29.0. The van der Waals surface area contributed by atoms with Gasteiger partial charge < -0.3 is 34.6 Å². The third-order valence-corrected chi connectivity index (χ3v) is 14.5. The predicted octanol–water partition coefficient (Wildman–Crippen LogP) is 9.07. The third-order valence-electron chi connectivity index (χ3n) is 14.0. The minimum Gasteiger partial charge on any atom is -0.444 e. The summed E-state index contributed by atoms with van der Waals surface area (Å²) >= 11 is 0. The standard InChI is InChI=1S/C47H82N4O11S/c1-32(36-19-20-37-35-18-17-33-31-34(62-63(56,57)58)21-23-46(33,11)38(35)22-24-47(36,37)12)39(52)48-25-15-29-50(41(54)60-44(5,6)7)27-13-14-28-51(42(55)61-45(8,9)10)30-16-26-49-40(53)59-43(2,3)4/h17,32,34-38H,13-16,18-31H2,1-12H3,(H,48,52)(H,49,53)(H,56,57,58)/t32?,34-,35?,36+,37?,38?,46-,47+/m0/s1. The number of amides is 4. The number of nitrogens with one attached hydrogen (secondary N) is 2. The molecule has 0 aromatic heterocycles. The maximum Gasteiger partial charge on any atom is 0.410 e. The second kappa shape index (κ2) is 21.0. The largest absolute Gasteiger partial charge is 0.444 e. The van der Waals surface area contributed by atoms with Crippen LogP contribution >= 0.6 is 0 Å². The monoisotopic (exact) mass is 911 g/mol. The zero-order valence-corrected chi connectivity index (χ0v) is 41.4. The minimum absolute atomic E-state index is 0.0124. The van der Waals surface area contributed by atoms with Gasteiger partial charge in [-0.05, 0) is 174 Å². The highest BCUT2D eigenvalue weighted by Gasteiger charge is 2.60. The Balaban J connectivity index is 1.28. The first kappa shape index (κ1) is 52.5. The number of alkyl carbamates (subject to hydrolysis) is 1. The molecule has 15 nitrogen and oxygen atoms in total. The molecule has 0 radical (unpaired) electrons. The second-order valence-electron chi connectivity index (χ2n) is 22.2. The molecule has 3 saturated carbocycles. The van der Waals surface area contributed by atoms with Crippen molar-refractivity contribution in [1.29, 1.82) is 0 Å². The van der Waals surface area contributed by atoms with Crippen LogP contribution in [0.1, 0.15) is 160 Å². The van der Waals surface area contributed by atoms with Crippen LogP contribution in [0, 0.1) is 40.4 Å². The van der Waals surface area contributed by atoms with Gasteiger partial charge in [-0.15, -0.1) is 0 Å². The van der Waals surface area contributed by atoms with E-state index in [1.807, 2.05) is 41.5 Å². The molecular weight excluding hydrogens is 829 g/mol. The topological polar surface area (TPSA) is 190 Å². The fraction of sp³-hybridized carbons (Fsp3) is 0.872. The third kappa shape index (κ3) is 15.2. The number of ether oxygens (including phenoxy) is 3. The summed E-state index contributed by atoms with van der Waals surface area (Å²) in [5, 5.41) is 5.93. The van der Waals surface area contributed by atoms with Gasteiger partial charge in [0.2, 0.25) is 5.91 Å². The number of fused-ring (bicyclic) bond motifs is 5. The molecule has 0 heterocycles. The first-order valence-electron chi connectivity index (χ1n) is 23.6. The Hall–Kier alpha value is -3.11. The average Bonchev–Trinajstić information content (AvgIpc) is 3.48. The number of rotatable bonds is 17. The Morgan fingerprint density at radius 1 is 0.746 bits per heavy atom. The predicted molar refractivity (Wildman–Crippen MR) is 242 cm³/mol. The highest BCUT2D eigenvalue weighted by atomic mass is 32.3. The molecule has 63 heavy (non-hydrogen) atoms. The van der Waals surface area contributed by atoms with E-state index >= 15 is 0 Å². The molecule has 0 spiro atoms. The summed E-state index contributed by atoms with van der Waals surface area (Å²) < 4.78 is 53.9. The van der Waals surface area contributed by atoms with Crippen LogP contribution in [0.3, 0.4) is 0 Å². The molecule has 4 aliphatic carbocycles. The summed E-state index contributed by atoms with van der Waals surface area (Å²) in [5.74, 6) is 1.69. The Morgan fingerprint density at radius 3 is 1.79 bits per heavy atom. The zero-order valence-electron chi connectivity index (χ0n) is 40.6. The number of carbonyl (C=O) groups is 4. The van der Waals surface area contributed by atoms with Gasteiger partial charge in [0.05, 0.1) is 6.10 Å². The van der Waals surface area contributed by atoms with Crippen molar-refractivity contribution < 1.29 is 50.5 Å². The fourth-order valence-corrected chi connectivity index (χ4v) is 11.7. The number of nitrogens with zero attached hydrogens (tertiary/aromatic N) is 2. The van der Waals surface area contributed by atoms with Crippen LogP contribution in [0.5, 0.6) is 0 Å². The van der Waals surface area contributed by atoms with E-state index in [1.165, 1.54) is 5.57 Å². The van der Waals surface area contributed by atoms with Gasteiger partial charge in [0.15, 0.2) is 0 Å². The lowest BCUT2D eigenvalue weighted by molar-refractivity contribution is -0.129. The van der Waals surface area contributed by atoms with Gasteiger partial charge in [0.25, 0.3) is 0 Å². The lowest BCUT2D eigenvalue weighted by atomic mass is 9.47. The SMILES string of the molecule is CC(C(=O)NCCCN(CCCCN(CCCNC(=O)OC(C)(C)C)C(=O)OC(C)(C)C)C(=O)OC(C)(C)C)[C@H]1CCC2C3CC=C4C[C@@H](OS(=O)(=O)O)CC[C@]4(C)C3CC[C@@]21C. The highest BCUT2D eigenvalue weighted by Crippen LogP contribution is 2.67. The van der Waals surface area contributed by atoms with Gasteiger partial charge in [0, 0.05) is 45.2 Å². The first-order valence-corrected chi connectivity index (χ1v) is 24.9. The quantitative estimate of drug-likeness (QED) is 0.0546. The zero-order chi connectivity index (χ0) is 47.2. The van der Waals surface area contributed by atoms with E-state index in [0.717, 1.165) is 38.5 Å². The van der Waals surface area contributed by atoms with Crippen molar-refractivity contribution in [2.24, 2.45) is 40.4 Å². The summed E-state index contributed by atoms with van der Waals surface area (Å²) in [6.07, 6.45) is 9.89. The Kier molecular flexibility index (Phi) is 17.5. The summed E-state index contributed by atoms with van der Waals surface area (Å²) in [7, 11) is -4.49. The van der Waals surface area contributed by atoms with Crippen LogP contribution in [-0.4, -0.2) is 109 Å². The number of hydrogen-bond acceptors (Lipinski definition) is 10. The molecule has 4 rings (SSSR count). The van der Waals surface area contributed by atoms with E-state index in [4.69, 9.17) is 18.4 Å². The Labute approximate surface area is 378 Å². The van der Waals surface area contributed by atoms with E-state index in [-0.39, 0.29) is 28.6 Å². The van der Waals surface area contributed by atoms with Crippen LogP contribution in [0.25, 0.3) is 0 Å². The van der Waals surface area contributed by atoms with Crippen molar-refractivity contribution in [3.63, 3.8) is 0 Å². The van der Waals surface area contributed by atoms with Crippen molar-refractivity contribution in [1.82, 2.24) is 20.4 Å². The lowest BCUT2D eigenvalue weighted by Crippen LogP contribution is -2.51. The fourth-order valence-electron chi connectivity index (χ4n) is 11.2. The number of allylic oxidation sites excluding steroid dienone is 1. The Morgan fingerprint density at radius 2 is 1.27 bits per heavy atom. The summed E-state index contributed by atoms with van der Waals surface area (Å²) in [4.78, 5) is 55.7. The molecule has 16 heteroatoms. The van der Waals surface area contributed by atoms with Crippen LogP contribution < -0.4 is 10.6 Å². The summed E-state index contributed by atoms with van der Waals surface area (Å²) in [6.45, 7) is 25.5. The number of unbranched alkanes of at least 4 members (excludes halogenated alkanes) is 1. The average molecular weight is 911 g/mol. The van der Waals surface area contributed by atoms with E-state index in [0.29, 0.717) is 95.5 Å². The van der Waals surface area contributed by atoms with Gasteiger partial charge in [-0.25, -0.2) is 18.6 Å². The molecule has 0 saturated heterocycles. The summed E-state index contributed by atoms with van der Waals surface area (Å²) in [5.41, 5.74) is -0.653. The second-order valence-corrected chi connectivity index (χ2v) is 23.3. The van der Waals surface area contributed by atoms with Crippen molar-refractivity contribution in [3.05, 3.63) is 11.6 Å². The van der Waals surface area contributed by atoms with Crippen molar-refractivity contribution >= 4 is 34.6 Å². The van der Waals surface area contributed by atoms with Crippen molar-refractivity contribution in [2.75, 3.05) is 39.3 Å². The van der Waals surface area contributed by atoms with E-state index in [9.17, 15) is 32.1 Å². The molecule has 4 unspecified atom stereocenters. The van der Waals surface area contributed by atoms with Crippen molar-refractivity contribution in [2.45, 2.75) is 183 Å². The molecule has 3 fully saturated rings. The number of hydrogen-bond donors (Lipinski definition) is 3. The molecule has 3 N–H and O–H groups in total. The van der Waals surface area contributed by atoms with Crippen molar-refractivity contribution in [3.8, 4) is 0 Å². The molecule has 0 aromatic rings. The van der Waals surface area contributed by atoms with Gasteiger partial charge in [-0.3, -0.25) is 9.35 Å². The normalized spacial score (nSPS) is 27.7. The lowest BCUT2D eigenvalue weighted by Gasteiger charge is -2.58. The molecule has 0 bridgehead atoms. The van der Waals surface area contributed by atoms with E-state index < -0.39 is 51.6 Å². The van der Waals surface area contributed by atoms with E-state index in [2.05, 4.69) is 37.5 Å². The smallest absolute Gasteiger partial charge is 0.410 e. The maximum absolute atomic E-state index is 13.8. The summed E-state index contributed by atoms with van der Waals surface area (Å²) in [6, 6.07) is 0. The Bertz CT molecular complexity index is 1730. The van der Waals surface area contributed by atoms with Gasteiger partial charge in [-0.1, -0.05) is 32.4 Å². The highest BCUT2D eigenvalue weighted by molar-refractivity contribution is 7.80. The molecule has 8 atom stereocenters. The van der Waals surface area contributed by atoms with Gasteiger partial charge in [0.1, 0.15) is 16.8 Å². The van der Waals surface area contributed by atoms with Crippen LogP contribution in [0.2, 0.25) is 0 Å². The maximum atomic E-state index is 13.8. The molecular formula is C47H82N4O11S. The van der Waals surface area contributed by atoms with Crippen LogP contribution in [-0.2, 0) is 33.6 Å². The minimum atomic E-state index is -4.49. The molecule has 4 aliphatic rings. The van der Waals surface area contributed by atoms with E-state index in [1.54, 1.807) is 30.6 Å². The molecule has 0 aliphatic heterocycles. The molecule has 362 valence electrons. The van der Waals surface area contributed by atoms with Gasteiger partial charge >= 0.3 is 28.7 Å². The van der Waals surface area contributed by atoms with Crippen LogP contribution in [0.15, 0.2) is 11.6 Å². The number of carbonyl (C=O) groups excluding carboxylic acids is 4. The molecule has 4 amide bonds. The van der Waals surface area contributed by atoms with Gasteiger partial charge in [-0.2, -0.15) is 8.42 Å². The van der Waals surface area contributed by atoms with Crippen LogP contribution in [0.4, 0.5) is 14.4 Å².